The minimum atomic E-state index is -0.265. The lowest BCUT2D eigenvalue weighted by Crippen LogP contribution is -2.24. The molecule has 2 N–H and O–H groups in total. The molecule has 0 fully saturated rings. The van der Waals surface area contributed by atoms with E-state index in [1.54, 1.807) is 26.0 Å². The molecule has 110 valence electrons. The topological polar surface area (TPSA) is 97.1 Å². The second-order valence-electron chi connectivity index (χ2n) is 4.49. The van der Waals surface area contributed by atoms with E-state index in [-0.39, 0.29) is 18.4 Å². The van der Waals surface area contributed by atoms with Gasteiger partial charge in [0.1, 0.15) is 0 Å². The average molecular weight is 288 g/mol. The Hall–Kier alpha value is -2.70. The largest absolute Gasteiger partial charge is 0.356 e. The molecule has 0 saturated heterocycles. The molecule has 0 aromatic carbocycles. The molecule has 7 heteroatoms. The van der Waals surface area contributed by atoms with Crippen molar-refractivity contribution in [3.63, 3.8) is 0 Å². The maximum atomic E-state index is 12.2. The number of nitrogens with one attached hydrogen (secondary N) is 2. The molecular weight excluding hydrogens is 272 g/mol. The summed E-state index contributed by atoms with van der Waals surface area (Å²) in [6.45, 7) is 3.78. The fourth-order valence-corrected chi connectivity index (χ4v) is 1.89. The SMILES string of the molecule is CNC(=O)/C=C/CNC(=O)c1cc(C)nc2onc(C)c12. The Labute approximate surface area is 121 Å². The molecule has 21 heavy (non-hydrogen) atoms. The quantitative estimate of drug-likeness (QED) is 0.814. The third-order valence-corrected chi connectivity index (χ3v) is 2.89. The number of carbonyl (C=O) groups is 2. The van der Waals surface area contributed by atoms with Crippen molar-refractivity contribution >= 4 is 22.9 Å². The maximum absolute atomic E-state index is 12.2. The number of pyridine rings is 1. The average Bonchev–Trinajstić information content (AvgIpc) is 2.83. The van der Waals surface area contributed by atoms with Crippen LogP contribution in [0.2, 0.25) is 0 Å². The van der Waals surface area contributed by atoms with Crippen molar-refractivity contribution in [1.29, 1.82) is 0 Å². The summed E-state index contributed by atoms with van der Waals surface area (Å²) in [5.74, 6) is -0.486. The summed E-state index contributed by atoms with van der Waals surface area (Å²) >= 11 is 0. The first kappa shape index (κ1) is 14.7. The van der Waals surface area contributed by atoms with E-state index in [0.29, 0.717) is 28.1 Å². The molecule has 0 atom stereocenters. The summed E-state index contributed by atoms with van der Waals surface area (Å²) in [7, 11) is 1.54. The van der Waals surface area contributed by atoms with Crippen molar-refractivity contribution in [3.8, 4) is 0 Å². The van der Waals surface area contributed by atoms with Gasteiger partial charge in [-0.2, -0.15) is 0 Å². The van der Waals surface area contributed by atoms with Gasteiger partial charge < -0.3 is 15.2 Å². The van der Waals surface area contributed by atoms with Gasteiger partial charge in [-0.3, -0.25) is 9.59 Å². The normalized spacial score (nSPS) is 11.0. The predicted molar refractivity (Wildman–Crippen MR) is 76.8 cm³/mol. The van der Waals surface area contributed by atoms with E-state index in [9.17, 15) is 9.59 Å². The van der Waals surface area contributed by atoms with Crippen LogP contribution in [0.1, 0.15) is 21.7 Å². The number of amides is 2. The van der Waals surface area contributed by atoms with Crippen molar-refractivity contribution in [1.82, 2.24) is 20.8 Å². The summed E-state index contributed by atoms with van der Waals surface area (Å²) in [4.78, 5) is 27.4. The van der Waals surface area contributed by atoms with Crippen LogP contribution in [0.5, 0.6) is 0 Å². The summed E-state index contributed by atoms with van der Waals surface area (Å²) in [6.07, 6.45) is 2.93. The first-order valence-corrected chi connectivity index (χ1v) is 6.43. The number of aromatic nitrogens is 2. The van der Waals surface area contributed by atoms with Crippen LogP contribution in [0.4, 0.5) is 0 Å². The van der Waals surface area contributed by atoms with Gasteiger partial charge in [-0.1, -0.05) is 11.2 Å². The highest BCUT2D eigenvalue weighted by molar-refractivity contribution is 6.06. The van der Waals surface area contributed by atoms with Crippen molar-refractivity contribution in [2.45, 2.75) is 13.8 Å². The van der Waals surface area contributed by atoms with Crippen LogP contribution >= 0.6 is 0 Å². The van der Waals surface area contributed by atoms with Crippen molar-refractivity contribution in [2.24, 2.45) is 0 Å². The molecule has 0 aliphatic rings. The number of aryl methyl sites for hydroxylation is 2. The number of carbonyl (C=O) groups excluding carboxylic acids is 2. The van der Waals surface area contributed by atoms with Crippen LogP contribution < -0.4 is 10.6 Å². The van der Waals surface area contributed by atoms with Crippen LogP contribution in [0.15, 0.2) is 22.7 Å². The fourth-order valence-electron chi connectivity index (χ4n) is 1.89. The second kappa shape index (κ2) is 6.17. The van der Waals surface area contributed by atoms with Gasteiger partial charge in [0, 0.05) is 25.4 Å². The first-order valence-electron chi connectivity index (χ1n) is 6.43. The number of nitrogens with zero attached hydrogens (tertiary/aromatic N) is 2. The Morgan fingerprint density at radius 1 is 1.38 bits per heavy atom. The van der Waals surface area contributed by atoms with Crippen molar-refractivity contribution < 1.29 is 14.1 Å². The van der Waals surface area contributed by atoms with E-state index in [1.807, 2.05) is 0 Å². The first-order chi connectivity index (χ1) is 10.0. The Balaban J connectivity index is 2.18. The Kier molecular flexibility index (Phi) is 4.32. The highest BCUT2D eigenvalue weighted by atomic mass is 16.5. The van der Waals surface area contributed by atoms with Gasteiger partial charge in [0.2, 0.25) is 5.91 Å². The Bertz CT molecular complexity index is 718. The number of hydrogen-bond donors (Lipinski definition) is 2. The highest BCUT2D eigenvalue weighted by Gasteiger charge is 2.17. The molecule has 0 aliphatic heterocycles. The summed E-state index contributed by atoms with van der Waals surface area (Å²) < 4.78 is 5.08. The summed E-state index contributed by atoms with van der Waals surface area (Å²) in [5, 5.41) is 9.60. The lowest BCUT2D eigenvalue weighted by Gasteiger charge is -2.04. The Morgan fingerprint density at radius 3 is 2.86 bits per heavy atom. The molecule has 0 bridgehead atoms. The molecule has 2 heterocycles. The lowest BCUT2D eigenvalue weighted by molar-refractivity contribution is -0.116. The van der Waals surface area contributed by atoms with Gasteiger partial charge in [-0.25, -0.2) is 4.98 Å². The molecule has 2 aromatic heterocycles. The molecular formula is C14H16N4O3. The van der Waals surface area contributed by atoms with E-state index in [0.717, 1.165) is 0 Å². The lowest BCUT2D eigenvalue weighted by atomic mass is 10.1. The van der Waals surface area contributed by atoms with Crippen LogP contribution in [-0.2, 0) is 4.79 Å². The highest BCUT2D eigenvalue weighted by Crippen LogP contribution is 2.21. The van der Waals surface area contributed by atoms with Gasteiger partial charge >= 0.3 is 0 Å². The van der Waals surface area contributed by atoms with Crippen LogP contribution in [0, 0.1) is 13.8 Å². The number of hydrogen-bond acceptors (Lipinski definition) is 5. The number of likely N-dealkylation sites (N-methyl/N-ethyl adjacent to an activating group) is 1. The third kappa shape index (κ3) is 3.25. The summed E-state index contributed by atoms with van der Waals surface area (Å²) in [6, 6.07) is 1.68. The van der Waals surface area contributed by atoms with E-state index in [4.69, 9.17) is 4.52 Å². The molecule has 0 radical (unpaired) electrons. The zero-order chi connectivity index (χ0) is 15.4. The van der Waals surface area contributed by atoms with Crippen LogP contribution in [-0.4, -0.2) is 35.5 Å². The molecule has 7 nitrogen and oxygen atoms in total. The van der Waals surface area contributed by atoms with E-state index >= 15 is 0 Å². The zero-order valence-electron chi connectivity index (χ0n) is 12.1. The smallest absolute Gasteiger partial charge is 0.258 e. The minimum absolute atomic E-state index is 0.221. The maximum Gasteiger partial charge on any atom is 0.258 e. The second-order valence-corrected chi connectivity index (χ2v) is 4.49. The van der Waals surface area contributed by atoms with E-state index in [2.05, 4.69) is 20.8 Å². The predicted octanol–water partition coefficient (Wildman–Crippen LogP) is 0.872. The van der Waals surface area contributed by atoms with Gasteiger partial charge in [0.05, 0.1) is 16.6 Å². The van der Waals surface area contributed by atoms with Gasteiger partial charge in [-0.05, 0) is 19.9 Å². The van der Waals surface area contributed by atoms with Gasteiger partial charge in [0.15, 0.2) is 0 Å². The van der Waals surface area contributed by atoms with Crippen LogP contribution in [0.3, 0.4) is 0 Å². The van der Waals surface area contributed by atoms with Crippen LogP contribution in [0.25, 0.3) is 11.1 Å². The van der Waals surface area contributed by atoms with Crippen molar-refractivity contribution in [3.05, 3.63) is 35.2 Å². The number of rotatable bonds is 4. The molecule has 2 aromatic rings. The van der Waals surface area contributed by atoms with Gasteiger partial charge in [-0.15, -0.1) is 0 Å². The number of fused-ring (bicyclic) bond motifs is 1. The molecule has 2 rings (SSSR count). The molecule has 0 saturated carbocycles. The van der Waals surface area contributed by atoms with Crippen molar-refractivity contribution in [2.75, 3.05) is 13.6 Å². The molecule has 0 aliphatic carbocycles. The summed E-state index contributed by atoms with van der Waals surface area (Å²) in [5.41, 5.74) is 2.09. The third-order valence-electron chi connectivity index (χ3n) is 2.89. The van der Waals surface area contributed by atoms with Gasteiger partial charge in [0.25, 0.3) is 11.6 Å². The molecule has 2 amide bonds. The minimum Gasteiger partial charge on any atom is -0.356 e. The Morgan fingerprint density at radius 2 is 2.14 bits per heavy atom. The standard InChI is InChI=1S/C14H16N4O3/c1-8-7-10(12-9(2)18-21-14(12)17-8)13(20)16-6-4-5-11(19)15-3/h4-5,7H,6H2,1-3H3,(H,15,19)(H,16,20)/b5-4+. The fraction of sp³-hybridized carbons (Fsp3) is 0.286. The molecule has 0 spiro atoms. The van der Waals surface area contributed by atoms with E-state index < -0.39 is 0 Å². The molecule has 0 unspecified atom stereocenters. The monoisotopic (exact) mass is 288 g/mol. The zero-order valence-corrected chi connectivity index (χ0v) is 12.1. The van der Waals surface area contributed by atoms with E-state index in [1.165, 1.54) is 13.1 Å².